The molecule has 0 amide bonds. The van der Waals surface area contributed by atoms with Crippen molar-refractivity contribution in [1.82, 2.24) is 0 Å². The number of hydrogen-bond acceptors (Lipinski definition) is 2. The maximum atomic E-state index is 12.7. The van der Waals surface area contributed by atoms with Gasteiger partial charge >= 0.3 is 0 Å². The number of benzene rings is 4. The summed E-state index contributed by atoms with van der Waals surface area (Å²) in [6.07, 6.45) is -0.0880. The van der Waals surface area contributed by atoms with Gasteiger partial charge in [-0.1, -0.05) is 97.1 Å². The van der Waals surface area contributed by atoms with Crippen molar-refractivity contribution in [3.05, 3.63) is 119 Å². The van der Waals surface area contributed by atoms with E-state index in [-0.39, 0.29) is 6.10 Å². The lowest BCUT2D eigenvalue weighted by molar-refractivity contribution is -0.166. The number of hydrogen-bond donors (Lipinski definition) is 1. The molecule has 0 heterocycles. The van der Waals surface area contributed by atoms with Gasteiger partial charge in [-0.3, -0.25) is 0 Å². The first-order valence-electron chi connectivity index (χ1n) is 10.1. The maximum Gasteiger partial charge on any atom is 0.156 e. The molecule has 1 aliphatic carbocycles. The molecule has 0 bridgehead atoms. The quantitative estimate of drug-likeness (QED) is 0.488. The molecule has 5 rings (SSSR count). The van der Waals surface area contributed by atoms with Gasteiger partial charge in [-0.2, -0.15) is 0 Å². The van der Waals surface area contributed by atoms with Gasteiger partial charge in [0.05, 0.1) is 6.10 Å². The summed E-state index contributed by atoms with van der Waals surface area (Å²) >= 11 is 0. The highest BCUT2D eigenvalue weighted by Crippen LogP contribution is 2.60. The van der Waals surface area contributed by atoms with Crippen molar-refractivity contribution < 1.29 is 9.84 Å². The number of aliphatic hydroxyl groups is 1. The van der Waals surface area contributed by atoms with Crippen LogP contribution in [0.1, 0.15) is 36.1 Å². The summed E-state index contributed by atoms with van der Waals surface area (Å²) in [5.74, 6) is 0. The third-order valence-corrected chi connectivity index (χ3v) is 5.97. The molecule has 1 aliphatic rings. The summed E-state index contributed by atoms with van der Waals surface area (Å²) in [6, 6.07) is 32.4. The Bertz CT molecular complexity index is 1160. The zero-order chi connectivity index (χ0) is 20.1. The minimum Gasteiger partial charge on any atom is -0.377 e. The lowest BCUT2D eigenvalue weighted by Crippen LogP contribution is -2.51. The van der Waals surface area contributed by atoms with Crippen LogP contribution in [0.15, 0.2) is 97.1 Å². The van der Waals surface area contributed by atoms with Crippen LogP contribution in [0.25, 0.3) is 10.8 Å². The Labute approximate surface area is 171 Å². The van der Waals surface area contributed by atoms with Gasteiger partial charge in [0.25, 0.3) is 0 Å². The molecule has 1 N–H and O–H groups in total. The van der Waals surface area contributed by atoms with Crippen LogP contribution in [-0.4, -0.2) is 11.2 Å². The highest BCUT2D eigenvalue weighted by Gasteiger charge is 2.61. The molecule has 0 spiro atoms. The standard InChI is InChI=1S/C27H24O2/c1-19(2)29-27(22-15-7-4-8-16-22)24-18-10-12-20-11-9-17-23(25(20)24)26(27,28)21-13-5-3-6-14-21/h3-19,28H,1-2H3/t26-,27+/m0/s1. The number of rotatable bonds is 4. The van der Waals surface area contributed by atoms with E-state index in [2.05, 4.69) is 36.4 Å². The van der Waals surface area contributed by atoms with Gasteiger partial charge in [0.2, 0.25) is 0 Å². The minimum atomic E-state index is -1.36. The first-order valence-corrected chi connectivity index (χ1v) is 10.1. The van der Waals surface area contributed by atoms with Crippen molar-refractivity contribution in [2.75, 3.05) is 0 Å². The summed E-state index contributed by atoms with van der Waals surface area (Å²) < 4.78 is 6.78. The van der Waals surface area contributed by atoms with E-state index in [1.165, 1.54) is 0 Å². The molecule has 0 saturated heterocycles. The van der Waals surface area contributed by atoms with E-state index in [1.54, 1.807) is 0 Å². The molecule has 0 unspecified atom stereocenters. The zero-order valence-electron chi connectivity index (χ0n) is 16.7. The molecule has 2 atom stereocenters. The molecule has 0 aromatic heterocycles. The molecular weight excluding hydrogens is 356 g/mol. The second-order valence-corrected chi connectivity index (χ2v) is 8.00. The van der Waals surface area contributed by atoms with Gasteiger partial charge in [0, 0.05) is 5.56 Å². The van der Waals surface area contributed by atoms with Crippen LogP contribution in [0.3, 0.4) is 0 Å². The Morgan fingerprint density at radius 2 is 1.21 bits per heavy atom. The summed E-state index contributed by atoms with van der Waals surface area (Å²) in [5.41, 5.74) is 1.27. The fraction of sp³-hybridized carbons (Fsp3) is 0.185. The molecule has 2 nitrogen and oxygen atoms in total. The van der Waals surface area contributed by atoms with E-state index < -0.39 is 11.2 Å². The Kier molecular flexibility index (Phi) is 4.09. The molecule has 144 valence electrons. The SMILES string of the molecule is CC(C)O[C@]1(c2ccccc2)c2cccc3cccc(c23)[C@@]1(O)c1ccccc1. The van der Waals surface area contributed by atoms with Crippen molar-refractivity contribution in [2.24, 2.45) is 0 Å². The van der Waals surface area contributed by atoms with Crippen molar-refractivity contribution in [2.45, 2.75) is 31.2 Å². The first-order chi connectivity index (χ1) is 14.1. The third-order valence-electron chi connectivity index (χ3n) is 5.97. The largest absolute Gasteiger partial charge is 0.377 e. The summed E-state index contributed by atoms with van der Waals surface area (Å²) in [6.45, 7) is 4.05. The second-order valence-electron chi connectivity index (χ2n) is 8.00. The van der Waals surface area contributed by atoms with Crippen molar-refractivity contribution in [3.63, 3.8) is 0 Å². The van der Waals surface area contributed by atoms with Gasteiger partial charge in [0.1, 0.15) is 0 Å². The Hall–Kier alpha value is -2.94. The van der Waals surface area contributed by atoms with Crippen molar-refractivity contribution in [3.8, 4) is 0 Å². The van der Waals surface area contributed by atoms with Crippen molar-refractivity contribution >= 4 is 10.8 Å². The van der Waals surface area contributed by atoms with E-state index in [1.807, 2.05) is 74.5 Å². The van der Waals surface area contributed by atoms with Gasteiger partial charge in [-0.15, -0.1) is 0 Å². The zero-order valence-corrected chi connectivity index (χ0v) is 16.7. The van der Waals surface area contributed by atoms with Crippen LogP contribution >= 0.6 is 0 Å². The lowest BCUT2D eigenvalue weighted by Gasteiger charge is -2.45. The number of ether oxygens (including phenoxy) is 1. The van der Waals surface area contributed by atoms with Crippen LogP contribution in [-0.2, 0) is 15.9 Å². The summed E-state index contributed by atoms with van der Waals surface area (Å²) in [7, 11) is 0. The molecule has 29 heavy (non-hydrogen) atoms. The van der Waals surface area contributed by atoms with Crippen molar-refractivity contribution in [1.29, 1.82) is 0 Å². The normalized spacial score (nSPS) is 23.0. The van der Waals surface area contributed by atoms with Crippen LogP contribution in [0.5, 0.6) is 0 Å². The van der Waals surface area contributed by atoms with Gasteiger partial charge in [-0.05, 0) is 41.3 Å². The highest BCUT2D eigenvalue weighted by molar-refractivity contribution is 5.95. The van der Waals surface area contributed by atoms with Gasteiger partial charge < -0.3 is 9.84 Å². The Morgan fingerprint density at radius 1 is 0.655 bits per heavy atom. The Morgan fingerprint density at radius 3 is 1.79 bits per heavy atom. The molecular formula is C27H24O2. The summed E-state index contributed by atoms with van der Waals surface area (Å²) in [4.78, 5) is 0. The molecule has 4 aromatic rings. The predicted molar refractivity (Wildman–Crippen MR) is 117 cm³/mol. The minimum absolute atomic E-state index is 0.0880. The fourth-order valence-corrected chi connectivity index (χ4v) is 4.97. The highest BCUT2D eigenvalue weighted by atomic mass is 16.5. The molecule has 2 heteroatoms. The molecule has 0 fully saturated rings. The lowest BCUT2D eigenvalue weighted by atomic mass is 9.71. The monoisotopic (exact) mass is 380 g/mol. The fourth-order valence-electron chi connectivity index (χ4n) is 4.97. The third kappa shape index (κ3) is 2.37. The average Bonchev–Trinajstić information content (AvgIpc) is 2.98. The molecule has 0 aliphatic heterocycles. The van der Waals surface area contributed by atoms with E-state index in [0.29, 0.717) is 0 Å². The van der Waals surface area contributed by atoms with E-state index in [4.69, 9.17) is 4.74 Å². The Balaban J connectivity index is 1.98. The predicted octanol–water partition coefficient (Wildman–Crippen LogP) is 5.76. The molecule has 0 saturated carbocycles. The average molecular weight is 380 g/mol. The van der Waals surface area contributed by atoms with E-state index in [9.17, 15) is 5.11 Å². The van der Waals surface area contributed by atoms with Crippen LogP contribution < -0.4 is 0 Å². The summed E-state index contributed by atoms with van der Waals surface area (Å²) in [5, 5.41) is 14.9. The second kappa shape index (κ2) is 6.55. The van der Waals surface area contributed by atoms with Crippen LogP contribution in [0.4, 0.5) is 0 Å². The smallest absolute Gasteiger partial charge is 0.156 e. The topological polar surface area (TPSA) is 29.5 Å². The van der Waals surface area contributed by atoms with Crippen LogP contribution in [0, 0.1) is 0 Å². The first kappa shape index (κ1) is 18.1. The van der Waals surface area contributed by atoms with Gasteiger partial charge in [-0.25, -0.2) is 0 Å². The van der Waals surface area contributed by atoms with Gasteiger partial charge in [0.15, 0.2) is 11.2 Å². The van der Waals surface area contributed by atoms with Crippen LogP contribution in [0.2, 0.25) is 0 Å². The van der Waals surface area contributed by atoms with E-state index >= 15 is 0 Å². The maximum absolute atomic E-state index is 12.7. The molecule has 0 radical (unpaired) electrons. The van der Waals surface area contributed by atoms with E-state index in [0.717, 1.165) is 33.0 Å². The molecule has 4 aromatic carbocycles.